The van der Waals surface area contributed by atoms with Crippen molar-refractivity contribution in [2.45, 2.75) is 0 Å². The normalized spacial score (nSPS) is 0. The minimum atomic E-state index is 0. The molecule has 0 aliphatic rings. The Bertz CT molecular complexity index is 13.7. The molecule has 0 aromatic heterocycles. The number of hydrogen-bond acceptors (Lipinski definition) is 0. The van der Waals surface area contributed by atoms with Gasteiger partial charge in [0.15, 0.2) is 0 Å². The van der Waals surface area contributed by atoms with Crippen molar-refractivity contribution in [2.24, 2.45) is 0 Å². The average molecular weight is 310 g/mol. The van der Waals surface area contributed by atoms with Gasteiger partial charge < -0.3 is 5.48 Å². The summed E-state index contributed by atoms with van der Waals surface area (Å²) in [7, 11) is 0. The first-order chi connectivity index (χ1) is 0. The van der Waals surface area contributed by atoms with Gasteiger partial charge in [0.05, 0.1) is 0 Å². The summed E-state index contributed by atoms with van der Waals surface area (Å²) in [5.74, 6) is 0. The van der Waals surface area contributed by atoms with E-state index < -0.39 is 0 Å². The van der Waals surface area contributed by atoms with Crippen LogP contribution in [0.3, 0.4) is 0 Å². The van der Waals surface area contributed by atoms with Crippen LogP contribution in [-0.4, -0.2) is 0 Å². The average Bonchev–Trinajstić information content (AvgIpc) is 0. The molecule has 0 aliphatic carbocycles. The van der Waals surface area contributed by atoms with Gasteiger partial charge in [-0.3, -0.25) is 0 Å². The third-order valence-corrected chi connectivity index (χ3v) is 0. The van der Waals surface area contributed by atoms with Crippen molar-refractivity contribution in [3.8, 4) is 0 Å². The molecule has 0 saturated carbocycles. The van der Waals surface area contributed by atoms with E-state index in [1.807, 2.05) is 0 Å². The maximum atomic E-state index is 0. The largest absolute Gasteiger partial charge is 2.00 e. The molecule has 0 saturated heterocycles. The first-order valence-electron chi connectivity index (χ1n) is 0. The SMILES string of the molecule is [Cr].[Cr].[Fe].[Fe].[K+].[K+].[O-2]. The van der Waals surface area contributed by atoms with E-state index in [1.54, 1.807) is 0 Å². The molecular formula is Cr2Fe2K2O. The molecule has 0 N–H and O–H groups in total. The van der Waals surface area contributed by atoms with E-state index in [1.165, 1.54) is 0 Å². The Morgan fingerprint density at radius 2 is 0.571 bits per heavy atom. The Hall–Kier alpha value is 5.34. The molecule has 0 unspecified atom stereocenters. The molecule has 0 bridgehead atoms. The van der Waals surface area contributed by atoms with E-state index in [-0.39, 0.29) is 177 Å². The van der Waals surface area contributed by atoms with Gasteiger partial charge in [-0.25, -0.2) is 0 Å². The number of rotatable bonds is 0. The van der Waals surface area contributed by atoms with Gasteiger partial charge >= 0.3 is 103 Å². The van der Waals surface area contributed by atoms with E-state index in [2.05, 4.69) is 0 Å². The van der Waals surface area contributed by atoms with Crippen molar-refractivity contribution in [3.63, 3.8) is 0 Å². The summed E-state index contributed by atoms with van der Waals surface area (Å²) in [5, 5.41) is 0. The zero-order chi connectivity index (χ0) is 0. The quantitative estimate of drug-likeness (QED) is 0.399. The molecule has 0 radical (unpaired) electrons. The Kier molecular flexibility index (Phi) is 338. The van der Waals surface area contributed by atoms with Crippen LogP contribution in [0.1, 0.15) is 0 Å². The topological polar surface area (TPSA) is 28.5 Å². The van der Waals surface area contributed by atoms with E-state index in [4.69, 9.17) is 0 Å². The molecule has 0 aromatic carbocycles. The summed E-state index contributed by atoms with van der Waals surface area (Å²) in [4.78, 5) is 0. The Balaban J connectivity index is 0. The molecule has 0 heterocycles. The molecule has 7 heavy (non-hydrogen) atoms. The van der Waals surface area contributed by atoms with Crippen LogP contribution >= 0.6 is 0 Å². The van der Waals surface area contributed by atoms with E-state index in [0.717, 1.165) is 0 Å². The Morgan fingerprint density at radius 3 is 0.571 bits per heavy atom. The first kappa shape index (κ1) is 55.7. The molecule has 0 atom stereocenters. The van der Waals surface area contributed by atoms with Crippen LogP contribution < -0.4 is 103 Å². The Morgan fingerprint density at radius 1 is 0.571 bits per heavy atom. The van der Waals surface area contributed by atoms with E-state index in [0.29, 0.717) is 0 Å². The zero-order valence-electron chi connectivity index (χ0n) is 3.93. The molecule has 1 nitrogen and oxygen atoms in total. The van der Waals surface area contributed by atoms with Gasteiger partial charge in [0.1, 0.15) is 0 Å². The molecule has 7 heteroatoms. The van der Waals surface area contributed by atoms with Crippen molar-refractivity contribution in [1.82, 2.24) is 0 Å². The standard InChI is InChI=1S/2Cr.2Fe.2K.O/q;;;;2*+1;-2. The van der Waals surface area contributed by atoms with Gasteiger partial charge in [0, 0.05) is 68.9 Å². The summed E-state index contributed by atoms with van der Waals surface area (Å²) >= 11 is 0. The summed E-state index contributed by atoms with van der Waals surface area (Å²) in [5.41, 5.74) is 0. The van der Waals surface area contributed by atoms with Gasteiger partial charge in [-0.2, -0.15) is 0 Å². The summed E-state index contributed by atoms with van der Waals surface area (Å²) in [6.07, 6.45) is 0. The molecule has 0 fully saturated rings. The summed E-state index contributed by atoms with van der Waals surface area (Å²) in [6.45, 7) is 0. The zero-order valence-corrected chi connectivity index (χ0v) is 14.9. The molecule has 0 aromatic rings. The maximum absolute atomic E-state index is 0. The van der Waals surface area contributed by atoms with Crippen LogP contribution in [0.5, 0.6) is 0 Å². The van der Waals surface area contributed by atoms with Gasteiger partial charge in [0.2, 0.25) is 0 Å². The van der Waals surface area contributed by atoms with Gasteiger partial charge in [-0.1, -0.05) is 0 Å². The number of hydrogen-bond donors (Lipinski definition) is 0. The predicted molar refractivity (Wildman–Crippen MR) is 0.686 cm³/mol. The molecule has 36 valence electrons. The molecule has 0 amide bonds. The molecule has 0 aliphatic heterocycles. The third kappa shape index (κ3) is 34.7. The predicted octanol–water partition coefficient (Wildman–Crippen LogP) is -6.12. The first-order valence-corrected chi connectivity index (χ1v) is 0. The fourth-order valence-corrected chi connectivity index (χ4v) is 0. The second-order valence-electron chi connectivity index (χ2n) is 0. The second kappa shape index (κ2) is 42.5. The van der Waals surface area contributed by atoms with Crippen LogP contribution in [0.4, 0.5) is 0 Å². The van der Waals surface area contributed by atoms with Crippen LogP contribution in [0.25, 0.3) is 0 Å². The van der Waals surface area contributed by atoms with Crippen LogP contribution in [0.2, 0.25) is 0 Å². The van der Waals surface area contributed by atoms with E-state index >= 15 is 0 Å². The van der Waals surface area contributed by atoms with Crippen LogP contribution in [0.15, 0.2) is 0 Å². The van der Waals surface area contributed by atoms with Crippen LogP contribution in [0, 0.1) is 0 Å². The van der Waals surface area contributed by atoms with Gasteiger partial charge in [-0.15, -0.1) is 0 Å². The van der Waals surface area contributed by atoms with Gasteiger partial charge in [0.25, 0.3) is 0 Å². The molecule has 0 rings (SSSR count). The summed E-state index contributed by atoms with van der Waals surface area (Å²) < 4.78 is 0. The van der Waals surface area contributed by atoms with Crippen molar-refractivity contribution in [2.75, 3.05) is 0 Å². The smallest absolute Gasteiger partial charge is 1.00 e. The van der Waals surface area contributed by atoms with Crippen molar-refractivity contribution >= 4 is 0 Å². The molecule has 0 spiro atoms. The van der Waals surface area contributed by atoms with Crippen molar-refractivity contribution in [1.29, 1.82) is 0 Å². The fourth-order valence-electron chi connectivity index (χ4n) is 0. The van der Waals surface area contributed by atoms with Crippen LogP contribution in [-0.2, 0) is 74.3 Å². The Labute approximate surface area is 172 Å². The molecular weight excluding hydrogens is 310 g/mol. The van der Waals surface area contributed by atoms with Crippen molar-refractivity contribution in [3.05, 3.63) is 0 Å². The summed E-state index contributed by atoms with van der Waals surface area (Å²) in [6, 6.07) is 0. The maximum Gasteiger partial charge on any atom is 1.00 e. The fraction of sp³-hybridized carbons (Fsp3) is 0. The van der Waals surface area contributed by atoms with Crippen molar-refractivity contribution < 1.29 is 177 Å². The van der Waals surface area contributed by atoms with E-state index in [9.17, 15) is 0 Å². The third-order valence-electron chi connectivity index (χ3n) is 0. The minimum Gasteiger partial charge on any atom is -2.00 e. The van der Waals surface area contributed by atoms with Gasteiger partial charge in [-0.05, 0) is 0 Å². The monoisotopic (exact) mass is 310 g/mol. The second-order valence-corrected chi connectivity index (χ2v) is 0. The minimum absolute atomic E-state index is 0.